The molecule has 1 fully saturated rings. The van der Waals surface area contributed by atoms with E-state index < -0.39 is 11.5 Å². The van der Waals surface area contributed by atoms with Gasteiger partial charge in [0.25, 0.3) is 5.91 Å². The first-order valence-corrected chi connectivity index (χ1v) is 7.52. The Morgan fingerprint density at radius 3 is 2.62 bits per heavy atom. The molecule has 0 aromatic heterocycles. The summed E-state index contributed by atoms with van der Waals surface area (Å²) in [5.41, 5.74) is -1.30. The van der Waals surface area contributed by atoms with Crippen molar-refractivity contribution in [2.45, 2.75) is 50.9 Å². The van der Waals surface area contributed by atoms with E-state index in [9.17, 15) is 9.90 Å². The smallest absolute Gasteiger partial charge is 0.256 e. The van der Waals surface area contributed by atoms with Crippen molar-refractivity contribution >= 4 is 17.5 Å². The summed E-state index contributed by atoms with van der Waals surface area (Å²) >= 11 is 5.83. The van der Waals surface area contributed by atoms with E-state index in [1.165, 1.54) is 6.92 Å². The van der Waals surface area contributed by atoms with Crippen LogP contribution in [0.25, 0.3) is 0 Å². The van der Waals surface area contributed by atoms with Gasteiger partial charge in [0.05, 0.1) is 5.60 Å². The van der Waals surface area contributed by atoms with Gasteiger partial charge in [-0.2, -0.15) is 0 Å². The van der Waals surface area contributed by atoms with Crippen molar-refractivity contribution in [1.82, 2.24) is 5.32 Å². The normalized spacial score (nSPS) is 24.1. The van der Waals surface area contributed by atoms with Gasteiger partial charge >= 0.3 is 0 Å². The van der Waals surface area contributed by atoms with Crippen molar-refractivity contribution in [2.24, 2.45) is 0 Å². The molecule has 0 unspecified atom stereocenters. The van der Waals surface area contributed by atoms with Gasteiger partial charge < -0.3 is 15.2 Å². The minimum absolute atomic E-state index is 0.0139. The van der Waals surface area contributed by atoms with Gasteiger partial charge in [-0.25, -0.2) is 0 Å². The van der Waals surface area contributed by atoms with Gasteiger partial charge in [0.2, 0.25) is 0 Å². The topological polar surface area (TPSA) is 58.6 Å². The van der Waals surface area contributed by atoms with Crippen molar-refractivity contribution in [2.75, 3.05) is 6.61 Å². The second-order valence-electron chi connectivity index (χ2n) is 6.35. The Hall–Kier alpha value is -1.10. The Kier molecular flexibility index (Phi) is 4.61. The van der Waals surface area contributed by atoms with Crippen molar-refractivity contribution in [1.29, 1.82) is 0 Å². The standard InChI is InChI=1S/C16H22ClNO3/c1-15(2)10-13(8-9-21-15)18-14(19)16(3,20)11-4-6-12(17)7-5-11/h4-7,13,20H,8-10H2,1-3H3,(H,18,19)/t13-,16-/m0/s1. The van der Waals surface area contributed by atoms with E-state index in [1.807, 2.05) is 13.8 Å². The molecule has 0 bridgehead atoms. The summed E-state index contributed by atoms with van der Waals surface area (Å²) in [7, 11) is 0. The molecule has 0 radical (unpaired) electrons. The summed E-state index contributed by atoms with van der Waals surface area (Å²) in [6, 6.07) is 6.66. The molecule has 21 heavy (non-hydrogen) atoms. The van der Waals surface area contributed by atoms with Crippen LogP contribution in [0, 0.1) is 0 Å². The summed E-state index contributed by atoms with van der Waals surface area (Å²) in [5.74, 6) is -0.396. The molecule has 1 saturated heterocycles. The van der Waals surface area contributed by atoms with Gasteiger partial charge in [-0.1, -0.05) is 23.7 Å². The van der Waals surface area contributed by atoms with Crippen LogP contribution in [0.2, 0.25) is 5.02 Å². The average Bonchev–Trinajstić information content (AvgIpc) is 2.38. The number of carbonyl (C=O) groups excluding carboxylic acids is 1. The number of rotatable bonds is 3. The molecule has 1 heterocycles. The maximum absolute atomic E-state index is 12.4. The van der Waals surface area contributed by atoms with Gasteiger partial charge in [0, 0.05) is 17.7 Å². The minimum Gasteiger partial charge on any atom is -0.376 e. The summed E-state index contributed by atoms with van der Waals surface area (Å²) < 4.78 is 5.63. The second-order valence-corrected chi connectivity index (χ2v) is 6.79. The third kappa shape index (κ3) is 3.96. The first kappa shape index (κ1) is 16.3. The highest BCUT2D eigenvalue weighted by Crippen LogP contribution is 2.26. The lowest BCUT2D eigenvalue weighted by molar-refractivity contribution is -0.141. The fourth-order valence-corrected chi connectivity index (χ4v) is 2.71. The van der Waals surface area contributed by atoms with E-state index in [1.54, 1.807) is 24.3 Å². The fourth-order valence-electron chi connectivity index (χ4n) is 2.59. The lowest BCUT2D eigenvalue weighted by atomic mass is 9.91. The molecular weight excluding hydrogens is 290 g/mol. The molecule has 0 saturated carbocycles. The van der Waals surface area contributed by atoms with Gasteiger partial charge in [0.1, 0.15) is 0 Å². The van der Waals surface area contributed by atoms with Crippen molar-refractivity contribution in [3.63, 3.8) is 0 Å². The van der Waals surface area contributed by atoms with Gasteiger partial charge in [0.15, 0.2) is 5.60 Å². The molecule has 2 N–H and O–H groups in total. The molecule has 1 aromatic carbocycles. The lowest BCUT2D eigenvalue weighted by Crippen LogP contribution is -2.51. The van der Waals surface area contributed by atoms with E-state index in [2.05, 4.69) is 5.32 Å². The van der Waals surface area contributed by atoms with Crippen molar-refractivity contribution in [3.8, 4) is 0 Å². The monoisotopic (exact) mass is 311 g/mol. The van der Waals surface area contributed by atoms with Crippen LogP contribution in [0.4, 0.5) is 0 Å². The number of hydrogen-bond donors (Lipinski definition) is 2. The van der Waals surface area contributed by atoms with Crippen LogP contribution < -0.4 is 5.32 Å². The Bertz CT molecular complexity index is 511. The zero-order chi connectivity index (χ0) is 15.7. The number of hydrogen-bond acceptors (Lipinski definition) is 3. The number of aliphatic hydroxyl groups is 1. The van der Waals surface area contributed by atoms with E-state index in [0.29, 0.717) is 17.2 Å². The Balaban J connectivity index is 2.06. The van der Waals surface area contributed by atoms with Crippen LogP contribution in [-0.2, 0) is 15.1 Å². The lowest BCUT2D eigenvalue weighted by Gasteiger charge is -2.37. The maximum Gasteiger partial charge on any atom is 0.256 e. The summed E-state index contributed by atoms with van der Waals surface area (Å²) in [5, 5.41) is 14.0. The van der Waals surface area contributed by atoms with Gasteiger partial charge in [-0.05, 0) is 51.3 Å². The Morgan fingerprint density at radius 2 is 2.05 bits per heavy atom. The van der Waals surface area contributed by atoms with E-state index in [4.69, 9.17) is 16.3 Å². The van der Waals surface area contributed by atoms with Crippen LogP contribution in [0.5, 0.6) is 0 Å². The van der Waals surface area contributed by atoms with E-state index in [0.717, 1.165) is 12.8 Å². The molecule has 116 valence electrons. The molecule has 1 amide bonds. The number of halogens is 1. The molecule has 0 spiro atoms. The molecule has 4 nitrogen and oxygen atoms in total. The summed E-state index contributed by atoms with van der Waals surface area (Å²) in [6.07, 6.45) is 1.49. The molecule has 1 aromatic rings. The zero-order valence-electron chi connectivity index (χ0n) is 12.6. The fraction of sp³-hybridized carbons (Fsp3) is 0.562. The van der Waals surface area contributed by atoms with Crippen LogP contribution in [0.15, 0.2) is 24.3 Å². The first-order valence-electron chi connectivity index (χ1n) is 7.14. The average molecular weight is 312 g/mol. The van der Waals surface area contributed by atoms with Crippen molar-refractivity contribution in [3.05, 3.63) is 34.9 Å². The number of ether oxygens (including phenoxy) is 1. The van der Waals surface area contributed by atoms with Gasteiger partial charge in [-0.15, -0.1) is 0 Å². The quantitative estimate of drug-likeness (QED) is 0.902. The molecule has 2 atom stereocenters. The van der Waals surface area contributed by atoms with E-state index in [-0.39, 0.29) is 11.6 Å². The number of carbonyl (C=O) groups is 1. The first-order chi connectivity index (χ1) is 9.71. The number of nitrogens with one attached hydrogen (secondary N) is 1. The second kappa shape index (κ2) is 5.95. The predicted molar refractivity (Wildman–Crippen MR) is 82.2 cm³/mol. The van der Waals surface area contributed by atoms with Crippen LogP contribution in [0.3, 0.4) is 0 Å². The molecule has 1 aliphatic heterocycles. The molecule has 5 heteroatoms. The predicted octanol–water partition coefficient (Wildman–Crippen LogP) is 2.62. The van der Waals surface area contributed by atoms with Gasteiger partial charge in [-0.3, -0.25) is 4.79 Å². The van der Waals surface area contributed by atoms with Crippen LogP contribution in [-0.4, -0.2) is 29.3 Å². The van der Waals surface area contributed by atoms with Crippen LogP contribution in [0.1, 0.15) is 39.2 Å². The SMILES string of the molecule is CC1(C)C[C@@H](NC(=O)[C@@](C)(O)c2ccc(Cl)cc2)CCO1. The third-order valence-corrected chi connectivity index (χ3v) is 4.13. The maximum atomic E-state index is 12.4. The summed E-state index contributed by atoms with van der Waals surface area (Å²) in [6.45, 7) is 6.11. The number of benzene rings is 1. The van der Waals surface area contributed by atoms with Crippen LogP contribution >= 0.6 is 11.6 Å². The largest absolute Gasteiger partial charge is 0.376 e. The zero-order valence-corrected chi connectivity index (χ0v) is 13.4. The molecule has 1 aliphatic rings. The molecule has 2 rings (SSSR count). The number of amides is 1. The highest BCUT2D eigenvalue weighted by molar-refractivity contribution is 6.30. The third-order valence-electron chi connectivity index (χ3n) is 3.88. The van der Waals surface area contributed by atoms with E-state index >= 15 is 0 Å². The Labute approximate surface area is 130 Å². The van der Waals surface area contributed by atoms with Crippen molar-refractivity contribution < 1.29 is 14.6 Å². The highest BCUT2D eigenvalue weighted by atomic mass is 35.5. The Morgan fingerprint density at radius 1 is 1.43 bits per heavy atom. The molecule has 0 aliphatic carbocycles. The minimum atomic E-state index is -1.58. The summed E-state index contributed by atoms with van der Waals surface area (Å²) in [4.78, 5) is 12.4. The highest BCUT2D eigenvalue weighted by Gasteiger charge is 2.36. The molecular formula is C16H22ClNO3.